The number of hydrogen-bond donors (Lipinski definition) is 1. The summed E-state index contributed by atoms with van der Waals surface area (Å²) in [6.45, 7) is -0.370. The molecule has 0 bridgehead atoms. The van der Waals surface area contributed by atoms with Gasteiger partial charge in [-0.05, 0) is 42.0 Å². The van der Waals surface area contributed by atoms with E-state index in [4.69, 9.17) is 16.4 Å². The van der Waals surface area contributed by atoms with Crippen LogP contribution in [-0.2, 0) is 15.8 Å². The lowest BCUT2D eigenvalue weighted by molar-refractivity contribution is -0.137. The van der Waals surface area contributed by atoms with Crippen LogP contribution in [0, 0.1) is 0 Å². The SMILES string of the molecule is O=C(CO/N=C/c1ccc(Cl)cc1)Nc1ccc(C(F)(F)F)cc1. The summed E-state index contributed by atoms with van der Waals surface area (Å²) >= 11 is 5.74. The highest BCUT2D eigenvalue weighted by molar-refractivity contribution is 6.30. The van der Waals surface area contributed by atoms with Gasteiger partial charge in [0, 0.05) is 10.7 Å². The van der Waals surface area contributed by atoms with Crippen LogP contribution in [0.2, 0.25) is 5.02 Å². The molecule has 0 aliphatic rings. The molecule has 8 heteroatoms. The molecule has 0 unspecified atom stereocenters. The topological polar surface area (TPSA) is 50.7 Å². The number of amides is 1. The first-order valence-electron chi connectivity index (χ1n) is 6.72. The molecule has 0 saturated heterocycles. The molecule has 2 rings (SSSR count). The predicted molar refractivity (Wildman–Crippen MR) is 85.1 cm³/mol. The first-order valence-corrected chi connectivity index (χ1v) is 7.10. The fraction of sp³-hybridized carbons (Fsp3) is 0.125. The maximum atomic E-state index is 12.4. The van der Waals surface area contributed by atoms with Crippen molar-refractivity contribution in [2.75, 3.05) is 11.9 Å². The van der Waals surface area contributed by atoms with Gasteiger partial charge in [0.05, 0.1) is 11.8 Å². The van der Waals surface area contributed by atoms with Crippen LogP contribution >= 0.6 is 11.6 Å². The van der Waals surface area contributed by atoms with E-state index in [0.717, 1.165) is 29.8 Å². The highest BCUT2D eigenvalue weighted by Gasteiger charge is 2.29. The lowest BCUT2D eigenvalue weighted by Gasteiger charge is -2.08. The van der Waals surface area contributed by atoms with Gasteiger partial charge in [-0.25, -0.2) is 0 Å². The number of anilines is 1. The average molecular weight is 357 g/mol. The number of carbonyl (C=O) groups is 1. The molecule has 24 heavy (non-hydrogen) atoms. The van der Waals surface area contributed by atoms with Crippen molar-refractivity contribution in [1.29, 1.82) is 0 Å². The summed E-state index contributed by atoms with van der Waals surface area (Å²) in [7, 11) is 0. The molecular weight excluding hydrogens is 345 g/mol. The molecule has 0 fully saturated rings. The molecule has 2 aromatic carbocycles. The molecule has 0 heterocycles. The van der Waals surface area contributed by atoms with E-state index in [9.17, 15) is 18.0 Å². The van der Waals surface area contributed by atoms with Crippen LogP contribution in [0.4, 0.5) is 18.9 Å². The molecule has 1 amide bonds. The Morgan fingerprint density at radius 3 is 2.33 bits per heavy atom. The van der Waals surface area contributed by atoms with Gasteiger partial charge in [-0.3, -0.25) is 4.79 Å². The van der Waals surface area contributed by atoms with Crippen molar-refractivity contribution in [3.63, 3.8) is 0 Å². The largest absolute Gasteiger partial charge is 0.416 e. The van der Waals surface area contributed by atoms with Gasteiger partial charge >= 0.3 is 6.18 Å². The maximum absolute atomic E-state index is 12.4. The third kappa shape index (κ3) is 5.58. The molecule has 4 nitrogen and oxygen atoms in total. The lowest BCUT2D eigenvalue weighted by atomic mass is 10.2. The van der Waals surface area contributed by atoms with Crippen molar-refractivity contribution in [2.24, 2.45) is 5.16 Å². The number of nitrogens with one attached hydrogen (secondary N) is 1. The van der Waals surface area contributed by atoms with Crippen molar-refractivity contribution < 1.29 is 22.8 Å². The normalized spacial score (nSPS) is 11.5. The molecule has 0 aliphatic carbocycles. The zero-order chi connectivity index (χ0) is 17.6. The molecule has 0 atom stereocenters. The van der Waals surface area contributed by atoms with Gasteiger partial charge in [-0.1, -0.05) is 28.9 Å². The lowest BCUT2D eigenvalue weighted by Crippen LogP contribution is -2.17. The Balaban J connectivity index is 1.80. The molecule has 2 aromatic rings. The fourth-order valence-corrected chi connectivity index (χ4v) is 1.81. The second-order valence-corrected chi connectivity index (χ2v) is 5.12. The molecule has 0 radical (unpaired) electrons. The number of hydrogen-bond acceptors (Lipinski definition) is 3. The molecule has 0 spiro atoms. The zero-order valence-corrected chi connectivity index (χ0v) is 12.9. The summed E-state index contributed by atoms with van der Waals surface area (Å²) in [5, 5.41) is 6.61. The van der Waals surface area contributed by atoms with Gasteiger partial charge in [0.25, 0.3) is 5.91 Å². The number of alkyl halides is 3. The van der Waals surface area contributed by atoms with Crippen molar-refractivity contribution in [3.05, 3.63) is 64.7 Å². The number of nitrogens with zero attached hydrogens (tertiary/aromatic N) is 1. The Morgan fingerprint density at radius 1 is 1.12 bits per heavy atom. The second kappa shape index (κ2) is 7.83. The smallest absolute Gasteiger partial charge is 0.386 e. The van der Waals surface area contributed by atoms with E-state index < -0.39 is 17.6 Å². The van der Waals surface area contributed by atoms with E-state index in [1.165, 1.54) is 6.21 Å². The highest BCUT2D eigenvalue weighted by Crippen LogP contribution is 2.29. The first-order chi connectivity index (χ1) is 11.3. The monoisotopic (exact) mass is 356 g/mol. The summed E-state index contributed by atoms with van der Waals surface area (Å²) in [6.07, 6.45) is -3.01. The molecular formula is C16H12ClF3N2O2. The average Bonchev–Trinajstić information content (AvgIpc) is 2.53. The standard InChI is InChI=1S/C16H12ClF3N2O2/c17-13-5-1-11(2-6-13)9-21-24-10-15(23)22-14-7-3-12(4-8-14)16(18,19)20/h1-9H,10H2,(H,22,23)/b21-9+. The maximum Gasteiger partial charge on any atom is 0.416 e. The Kier molecular flexibility index (Phi) is 5.81. The van der Waals surface area contributed by atoms with Crippen molar-refractivity contribution in [3.8, 4) is 0 Å². The Labute approximate surface area is 140 Å². The Morgan fingerprint density at radius 2 is 1.75 bits per heavy atom. The first kappa shape index (κ1) is 17.8. The number of benzene rings is 2. The fourth-order valence-electron chi connectivity index (χ4n) is 1.68. The van der Waals surface area contributed by atoms with Crippen LogP contribution in [-0.4, -0.2) is 18.7 Å². The number of carbonyl (C=O) groups excluding carboxylic acids is 1. The predicted octanol–water partition coefficient (Wildman–Crippen LogP) is 4.35. The number of rotatable bonds is 5. The second-order valence-electron chi connectivity index (χ2n) is 4.68. The van der Waals surface area contributed by atoms with Crippen molar-refractivity contribution in [2.45, 2.75) is 6.18 Å². The van der Waals surface area contributed by atoms with Crippen LogP contribution in [0.25, 0.3) is 0 Å². The van der Waals surface area contributed by atoms with Crippen LogP contribution in [0.5, 0.6) is 0 Å². The minimum atomic E-state index is -4.41. The molecule has 0 aromatic heterocycles. The van der Waals surface area contributed by atoms with Crippen LogP contribution in [0.15, 0.2) is 53.7 Å². The van der Waals surface area contributed by atoms with Gasteiger partial charge in [0.15, 0.2) is 6.61 Å². The zero-order valence-electron chi connectivity index (χ0n) is 12.2. The Bertz CT molecular complexity index is 714. The van der Waals surface area contributed by atoms with Gasteiger partial charge in [0.2, 0.25) is 0 Å². The quantitative estimate of drug-likeness (QED) is 0.639. The summed E-state index contributed by atoms with van der Waals surface area (Å²) in [4.78, 5) is 16.4. The third-order valence-electron chi connectivity index (χ3n) is 2.84. The summed E-state index contributed by atoms with van der Waals surface area (Å²) in [6, 6.07) is 10.9. The molecule has 0 aliphatic heterocycles. The van der Waals surface area contributed by atoms with E-state index in [1.807, 2.05) is 0 Å². The van der Waals surface area contributed by atoms with E-state index >= 15 is 0 Å². The molecule has 0 saturated carbocycles. The van der Waals surface area contributed by atoms with Gasteiger partial charge in [-0.2, -0.15) is 13.2 Å². The van der Waals surface area contributed by atoms with E-state index in [-0.39, 0.29) is 12.3 Å². The van der Waals surface area contributed by atoms with Crippen LogP contribution in [0.3, 0.4) is 0 Å². The number of halogens is 4. The van der Waals surface area contributed by atoms with Crippen LogP contribution in [0.1, 0.15) is 11.1 Å². The Hall–Kier alpha value is -2.54. The third-order valence-corrected chi connectivity index (χ3v) is 3.09. The van der Waals surface area contributed by atoms with Gasteiger partial charge in [-0.15, -0.1) is 0 Å². The van der Waals surface area contributed by atoms with Crippen molar-refractivity contribution in [1.82, 2.24) is 0 Å². The highest BCUT2D eigenvalue weighted by atomic mass is 35.5. The number of oxime groups is 1. The summed E-state index contributed by atoms with van der Waals surface area (Å²) in [5.41, 5.74) is 0.185. The van der Waals surface area contributed by atoms with Crippen LogP contribution < -0.4 is 5.32 Å². The van der Waals surface area contributed by atoms with Gasteiger partial charge in [0.1, 0.15) is 0 Å². The molecule has 1 N–H and O–H groups in total. The minimum Gasteiger partial charge on any atom is -0.386 e. The minimum absolute atomic E-state index is 0.235. The summed E-state index contributed by atoms with van der Waals surface area (Å²) < 4.78 is 37.3. The van der Waals surface area contributed by atoms with E-state index in [1.54, 1.807) is 24.3 Å². The summed E-state index contributed by atoms with van der Waals surface area (Å²) in [5.74, 6) is -0.539. The van der Waals surface area contributed by atoms with E-state index in [0.29, 0.717) is 5.02 Å². The van der Waals surface area contributed by atoms with Crippen molar-refractivity contribution >= 4 is 29.4 Å². The van der Waals surface area contributed by atoms with Gasteiger partial charge < -0.3 is 10.2 Å². The van der Waals surface area contributed by atoms with E-state index in [2.05, 4.69) is 10.5 Å². The molecule has 126 valence electrons.